The summed E-state index contributed by atoms with van der Waals surface area (Å²) in [7, 11) is 1.64. The molecule has 2 aromatic carbocycles. The van der Waals surface area contributed by atoms with E-state index < -0.39 is 0 Å². The van der Waals surface area contributed by atoms with E-state index in [1.807, 2.05) is 41.1 Å². The average Bonchev–Trinajstić information content (AvgIpc) is 3.07. The van der Waals surface area contributed by atoms with Crippen molar-refractivity contribution in [1.82, 2.24) is 14.8 Å². The number of nitrogens with zero attached hydrogens (tertiary/aromatic N) is 2. The van der Waals surface area contributed by atoms with Gasteiger partial charge in [-0.3, -0.25) is 14.3 Å². The van der Waals surface area contributed by atoms with E-state index in [1.54, 1.807) is 19.4 Å². The fourth-order valence-corrected chi connectivity index (χ4v) is 3.10. The van der Waals surface area contributed by atoms with Gasteiger partial charge in [0, 0.05) is 35.2 Å². The van der Waals surface area contributed by atoms with E-state index >= 15 is 0 Å². The first-order valence-electron chi connectivity index (χ1n) is 8.53. The van der Waals surface area contributed by atoms with Crippen molar-refractivity contribution in [2.45, 2.75) is 6.54 Å². The van der Waals surface area contributed by atoms with Gasteiger partial charge in [0.2, 0.25) is 5.56 Å². The van der Waals surface area contributed by atoms with Crippen LogP contribution in [0.2, 0.25) is 0 Å². The van der Waals surface area contributed by atoms with Crippen LogP contribution < -0.4 is 10.9 Å². The standard InChI is InChI=1S/C20H18N4O3/c1-27-9-8-24-18-10-14(7-6-13(18)12-21-24)22-20(26)16-11-19(25)23-17-5-3-2-4-15(16)17/h2-7,10-12H,8-9H2,1H3,(H,22,26)(H,23,25). The Labute approximate surface area is 154 Å². The molecule has 0 atom stereocenters. The lowest BCUT2D eigenvalue weighted by Gasteiger charge is -2.09. The Morgan fingerprint density at radius 1 is 1.22 bits per heavy atom. The van der Waals surface area contributed by atoms with Crippen LogP contribution in [0.25, 0.3) is 21.8 Å². The molecule has 0 spiro atoms. The number of nitrogens with one attached hydrogen (secondary N) is 2. The number of carbonyl (C=O) groups excluding carboxylic acids is 1. The molecule has 1 amide bonds. The molecule has 7 nitrogen and oxygen atoms in total. The van der Waals surface area contributed by atoms with E-state index in [2.05, 4.69) is 15.4 Å². The van der Waals surface area contributed by atoms with Gasteiger partial charge < -0.3 is 15.0 Å². The molecule has 4 aromatic rings. The number of pyridine rings is 1. The minimum atomic E-state index is -0.334. The number of rotatable bonds is 5. The van der Waals surface area contributed by atoms with Gasteiger partial charge in [-0.05, 0) is 24.3 Å². The maximum absolute atomic E-state index is 12.8. The van der Waals surface area contributed by atoms with Crippen molar-refractivity contribution in [2.24, 2.45) is 0 Å². The van der Waals surface area contributed by atoms with E-state index in [-0.39, 0.29) is 11.5 Å². The van der Waals surface area contributed by atoms with E-state index in [1.165, 1.54) is 6.07 Å². The first-order valence-corrected chi connectivity index (χ1v) is 8.53. The number of fused-ring (bicyclic) bond motifs is 2. The molecular weight excluding hydrogens is 344 g/mol. The van der Waals surface area contributed by atoms with Crippen LogP contribution in [0, 0.1) is 0 Å². The Balaban J connectivity index is 1.68. The van der Waals surface area contributed by atoms with Gasteiger partial charge in [-0.1, -0.05) is 18.2 Å². The second kappa shape index (κ2) is 7.05. The van der Waals surface area contributed by atoms with Gasteiger partial charge in [-0.15, -0.1) is 0 Å². The first kappa shape index (κ1) is 17.0. The molecule has 2 N–H and O–H groups in total. The fraction of sp³-hybridized carbons (Fsp3) is 0.150. The van der Waals surface area contributed by atoms with Gasteiger partial charge in [-0.2, -0.15) is 5.10 Å². The number of methoxy groups -OCH3 is 1. The lowest BCUT2D eigenvalue weighted by atomic mass is 10.1. The molecule has 0 aliphatic carbocycles. The predicted molar refractivity (Wildman–Crippen MR) is 104 cm³/mol. The van der Waals surface area contributed by atoms with Crippen molar-refractivity contribution in [3.05, 3.63) is 70.6 Å². The number of aromatic amines is 1. The van der Waals surface area contributed by atoms with Gasteiger partial charge in [0.05, 0.1) is 30.4 Å². The third-order valence-corrected chi connectivity index (χ3v) is 4.40. The highest BCUT2D eigenvalue weighted by Gasteiger charge is 2.13. The molecule has 0 aliphatic rings. The van der Waals surface area contributed by atoms with Crippen LogP contribution in [0.5, 0.6) is 0 Å². The third-order valence-electron chi connectivity index (χ3n) is 4.40. The molecule has 0 bridgehead atoms. The number of hydrogen-bond donors (Lipinski definition) is 2. The van der Waals surface area contributed by atoms with E-state index in [0.29, 0.717) is 35.3 Å². The van der Waals surface area contributed by atoms with Gasteiger partial charge in [0.25, 0.3) is 5.91 Å². The van der Waals surface area contributed by atoms with E-state index in [9.17, 15) is 9.59 Å². The minimum Gasteiger partial charge on any atom is -0.383 e. The summed E-state index contributed by atoms with van der Waals surface area (Å²) in [5, 5.41) is 8.89. The second-order valence-electron chi connectivity index (χ2n) is 6.18. The number of ether oxygens (including phenoxy) is 1. The Morgan fingerprint density at radius 2 is 2.07 bits per heavy atom. The number of carbonyl (C=O) groups is 1. The quantitative estimate of drug-likeness (QED) is 0.571. The third kappa shape index (κ3) is 3.32. The highest BCUT2D eigenvalue weighted by Crippen LogP contribution is 2.21. The van der Waals surface area contributed by atoms with Crippen molar-refractivity contribution in [1.29, 1.82) is 0 Å². The number of para-hydroxylation sites is 1. The zero-order valence-electron chi connectivity index (χ0n) is 14.7. The maximum Gasteiger partial charge on any atom is 0.256 e. The summed E-state index contributed by atoms with van der Waals surface area (Å²) in [6, 6.07) is 14.1. The molecule has 0 saturated heterocycles. The molecule has 136 valence electrons. The van der Waals surface area contributed by atoms with Crippen molar-refractivity contribution in [3.63, 3.8) is 0 Å². The SMILES string of the molecule is COCCn1ncc2ccc(NC(=O)c3cc(=O)[nH]c4ccccc34)cc21. The van der Waals surface area contributed by atoms with Gasteiger partial charge in [0.15, 0.2) is 0 Å². The summed E-state index contributed by atoms with van der Waals surface area (Å²) in [6.45, 7) is 1.17. The molecule has 2 heterocycles. The van der Waals surface area contributed by atoms with Crippen LogP contribution in [-0.2, 0) is 11.3 Å². The molecule has 4 rings (SSSR count). The zero-order valence-corrected chi connectivity index (χ0v) is 14.7. The first-order chi connectivity index (χ1) is 13.2. The number of benzene rings is 2. The Bertz CT molecular complexity index is 1190. The largest absolute Gasteiger partial charge is 0.383 e. The molecule has 2 aromatic heterocycles. The molecule has 0 fully saturated rings. The van der Waals surface area contributed by atoms with Crippen LogP contribution in [-0.4, -0.2) is 34.4 Å². The summed E-state index contributed by atoms with van der Waals surface area (Å²) >= 11 is 0. The summed E-state index contributed by atoms with van der Waals surface area (Å²) in [6.07, 6.45) is 1.78. The minimum absolute atomic E-state index is 0.313. The van der Waals surface area contributed by atoms with Crippen LogP contribution in [0.15, 0.2) is 59.5 Å². The summed E-state index contributed by atoms with van der Waals surface area (Å²) in [4.78, 5) is 27.4. The van der Waals surface area contributed by atoms with Gasteiger partial charge in [0.1, 0.15) is 0 Å². The molecule has 0 radical (unpaired) electrons. The predicted octanol–water partition coefficient (Wildman–Crippen LogP) is 2.78. The van der Waals surface area contributed by atoms with Crippen molar-refractivity contribution < 1.29 is 9.53 Å². The monoisotopic (exact) mass is 362 g/mol. The van der Waals surface area contributed by atoms with Crippen molar-refractivity contribution in [3.8, 4) is 0 Å². The maximum atomic E-state index is 12.8. The normalized spacial score (nSPS) is 11.1. The number of aromatic nitrogens is 3. The van der Waals surface area contributed by atoms with Crippen molar-refractivity contribution in [2.75, 3.05) is 19.0 Å². The second-order valence-corrected chi connectivity index (χ2v) is 6.18. The fourth-order valence-electron chi connectivity index (χ4n) is 3.10. The molecular formula is C20H18N4O3. The number of amides is 1. The molecule has 27 heavy (non-hydrogen) atoms. The lowest BCUT2D eigenvalue weighted by Crippen LogP contribution is -2.17. The summed E-state index contributed by atoms with van der Waals surface area (Å²) in [5.74, 6) is -0.334. The number of H-pyrrole nitrogens is 1. The van der Waals surface area contributed by atoms with Crippen LogP contribution in [0.1, 0.15) is 10.4 Å². The van der Waals surface area contributed by atoms with Crippen molar-refractivity contribution >= 4 is 33.4 Å². The molecule has 7 heteroatoms. The van der Waals surface area contributed by atoms with Crippen LogP contribution in [0.3, 0.4) is 0 Å². The molecule has 0 aliphatic heterocycles. The van der Waals surface area contributed by atoms with Crippen LogP contribution >= 0.6 is 0 Å². The van der Waals surface area contributed by atoms with Crippen LogP contribution in [0.4, 0.5) is 5.69 Å². The number of hydrogen-bond acceptors (Lipinski definition) is 4. The lowest BCUT2D eigenvalue weighted by molar-refractivity contribution is 0.102. The highest BCUT2D eigenvalue weighted by atomic mass is 16.5. The Morgan fingerprint density at radius 3 is 2.93 bits per heavy atom. The smallest absolute Gasteiger partial charge is 0.256 e. The van der Waals surface area contributed by atoms with Gasteiger partial charge >= 0.3 is 0 Å². The summed E-state index contributed by atoms with van der Waals surface area (Å²) < 4.78 is 6.94. The van der Waals surface area contributed by atoms with Gasteiger partial charge in [-0.25, -0.2) is 0 Å². The Kier molecular flexibility index (Phi) is 4.43. The summed E-state index contributed by atoms with van der Waals surface area (Å²) in [5.41, 5.74) is 2.19. The highest BCUT2D eigenvalue weighted by molar-refractivity contribution is 6.12. The topological polar surface area (TPSA) is 89.0 Å². The molecule has 0 saturated carbocycles. The van der Waals surface area contributed by atoms with E-state index in [0.717, 1.165) is 10.9 Å². The molecule has 0 unspecified atom stereocenters. The average molecular weight is 362 g/mol. The zero-order chi connectivity index (χ0) is 18.8. The van der Waals surface area contributed by atoms with E-state index in [4.69, 9.17) is 4.74 Å². The number of anilines is 1. The Hall–Kier alpha value is -3.45.